The normalized spacial score (nSPS) is 20.1. The van der Waals surface area contributed by atoms with Crippen LogP contribution in [0.5, 0.6) is 0 Å². The van der Waals surface area contributed by atoms with E-state index in [1.54, 1.807) is 19.1 Å². The van der Waals surface area contributed by atoms with E-state index in [2.05, 4.69) is 4.74 Å². The van der Waals surface area contributed by atoms with Crippen LogP contribution in [-0.4, -0.2) is 79.7 Å². The number of fused-ring (bicyclic) bond motifs is 1. The van der Waals surface area contributed by atoms with E-state index < -0.39 is 34.6 Å². The molecule has 3 N–H and O–H groups in total. The van der Waals surface area contributed by atoms with E-state index in [-0.39, 0.29) is 35.1 Å². The van der Waals surface area contributed by atoms with Crippen molar-refractivity contribution in [2.45, 2.75) is 43.4 Å². The fourth-order valence-electron chi connectivity index (χ4n) is 3.08. The summed E-state index contributed by atoms with van der Waals surface area (Å²) in [6, 6.07) is 5.34. The molecule has 1 fully saturated rings. The van der Waals surface area contributed by atoms with Crippen LogP contribution in [0, 0.1) is 6.92 Å². The highest BCUT2D eigenvalue weighted by Gasteiger charge is 2.52. The molecule has 2 heterocycles. The number of methoxy groups -OCH3 is 1. The summed E-state index contributed by atoms with van der Waals surface area (Å²) in [6.45, 7) is 5.16. The summed E-state index contributed by atoms with van der Waals surface area (Å²) >= 11 is 1.46. The Bertz CT molecular complexity index is 1070. The van der Waals surface area contributed by atoms with Crippen LogP contribution in [0.3, 0.4) is 0 Å². The molecule has 0 aliphatic carbocycles. The lowest BCUT2D eigenvalue weighted by Crippen LogP contribution is -2.68. The SMILES string of the molecule is CCOC(=O)OC(C)OC(=O)C1=C(COC)CS[C@H]2C(N)C(=O)N12.Cc1ccc(S(=O)(=O)O)cc1. The van der Waals surface area contributed by atoms with Crippen molar-refractivity contribution in [3.05, 3.63) is 41.1 Å². The van der Waals surface area contributed by atoms with E-state index in [4.69, 9.17) is 24.5 Å². The number of nitrogens with zero attached hydrogens (tertiary/aromatic N) is 1. The first-order chi connectivity index (χ1) is 16.4. The molecule has 1 aromatic carbocycles. The van der Waals surface area contributed by atoms with Crippen LogP contribution in [0.2, 0.25) is 0 Å². The number of esters is 1. The zero-order valence-corrected chi connectivity index (χ0v) is 21.3. The first-order valence-electron chi connectivity index (χ1n) is 10.4. The van der Waals surface area contributed by atoms with Crippen LogP contribution >= 0.6 is 11.8 Å². The lowest BCUT2D eigenvalue weighted by Gasteiger charge is -2.48. The molecule has 14 heteroatoms. The molecule has 3 atom stereocenters. The molecule has 1 amide bonds. The number of hydrogen-bond acceptors (Lipinski definition) is 11. The third-order valence-electron chi connectivity index (χ3n) is 4.72. The second-order valence-corrected chi connectivity index (χ2v) is 9.91. The standard InChI is InChI=1S/C14H20N2O7S.C7H8O3S/c1-4-21-14(19)23-7(2)22-13(18)10-8(5-20-3)6-24-12-9(15)11(17)16(10)12;1-6-2-4-7(5-3-6)11(8,9)10/h7,9,12H,4-6,15H2,1-3H3;2-5H,1H3,(H,8,9,10)/t7?,9?,12-;/m0./s1. The number of benzene rings is 1. The van der Waals surface area contributed by atoms with Gasteiger partial charge in [0, 0.05) is 19.8 Å². The van der Waals surface area contributed by atoms with Crippen molar-refractivity contribution in [2.75, 3.05) is 26.1 Å². The van der Waals surface area contributed by atoms with E-state index in [0.29, 0.717) is 11.3 Å². The molecule has 1 saturated heterocycles. The summed E-state index contributed by atoms with van der Waals surface area (Å²) in [6.07, 6.45) is -2.10. The monoisotopic (exact) mass is 532 g/mol. The zero-order valence-electron chi connectivity index (χ0n) is 19.6. The van der Waals surface area contributed by atoms with Gasteiger partial charge in [-0.15, -0.1) is 11.8 Å². The molecule has 2 aliphatic rings. The Hall–Kier alpha value is -2.65. The fourth-order valence-corrected chi connectivity index (χ4v) is 4.84. The summed E-state index contributed by atoms with van der Waals surface area (Å²) in [7, 11) is -2.53. The van der Waals surface area contributed by atoms with Gasteiger partial charge in [0.2, 0.25) is 12.2 Å². The summed E-state index contributed by atoms with van der Waals surface area (Å²) in [4.78, 5) is 37.0. The number of carbonyl (C=O) groups excluding carboxylic acids is 3. The number of thioether (sulfide) groups is 1. The van der Waals surface area contributed by atoms with Gasteiger partial charge in [0.15, 0.2) is 0 Å². The lowest BCUT2D eigenvalue weighted by molar-refractivity contribution is -0.168. The number of aryl methyl sites for hydroxylation is 1. The van der Waals surface area contributed by atoms with E-state index in [9.17, 15) is 22.8 Å². The third-order valence-corrected chi connectivity index (χ3v) is 6.95. The highest BCUT2D eigenvalue weighted by atomic mass is 32.2. The van der Waals surface area contributed by atoms with Crippen LogP contribution in [-0.2, 0) is 38.7 Å². The second kappa shape index (κ2) is 12.4. The molecule has 3 rings (SSSR count). The van der Waals surface area contributed by atoms with Gasteiger partial charge in [0.1, 0.15) is 17.1 Å². The summed E-state index contributed by atoms with van der Waals surface area (Å²) in [5.41, 5.74) is 7.43. The summed E-state index contributed by atoms with van der Waals surface area (Å²) < 4.78 is 49.1. The maximum Gasteiger partial charge on any atom is 0.511 e. The quantitative estimate of drug-likeness (QED) is 0.224. The van der Waals surface area contributed by atoms with Crippen molar-refractivity contribution in [1.29, 1.82) is 0 Å². The van der Waals surface area contributed by atoms with Crippen molar-refractivity contribution in [1.82, 2.24) is 4.90 Å². The first kappa shape index (κ1) is 28.6. The third kappa shape index (κ3) is 7.41. The topological polar surface area (TPSA) is 172 Å². The van der Waals surface area contributed by atoms with E-state index in [1.165, 1.54) is 42.8 Å². The molecule has 12 nitrogen and oxygen atoms in total. The molecule has 0 spiro atoms. The molecule has 2 aliphatic heterocycles. The largest absolute Gasteiger partial charge is 0.511 e. The minimum absolute atomic E-state index is 0.0666. The molecular weight excluding hydrogens is 504 g/mol. The number of amides is 1. The Kier molecular flexibility index (Phi) is 10.1. The van der Waals surface area contributed by atoms with Gasteiger partial charge in [-0.3, -0.25) is 14.2 Å². The number of ether oxygens (including phenoxy) is 4. The van der Waals surface area contributed by atoms with Crippen molar-refractivity contribution in [3.8, 4) is 0 Å². The van der Waals surface area contributed by atoms with Gasteiger partial charge in [-0.05, 0) is 31.6 Å². The van der Waals surface area contributed by atoms with E-state index in [1.807, 2.05) is 6.92 Å². The Morgan fingerprint density at radius 1 is 1.26 bits per heavy atom. The predicted octanol–water partition coefficient (Wildman–Crippen LogP) is 1.43. The van der Waals surface area contributed by atoms with Crippen molar-refractivity contribution >= 4 is 39.9 Å². The average Bonchev–Trinajstić information content (AvgIpc) is 2.78. The Morgan fingerprint density at radius 2 is 1.89 bits per heavy atom. The minimum Gasteiger partial charge on any atom is -0.435 e. The molecular formula is C21H28N2O10S2. The molecule has 0 saturated carbocycles. The number of hydrogen-bond donors (Lipinski definition) is 2. The van der Waals surface area contributed by atoms with Crippen LogP contribution < -0.4 is 5.73 Å². The Morgan fingerprint density at radius 3 is 2.43 bits per heavy atom. The van der Waals surface area contributed by atoms with Crippen LogP contribution in [0.15, 0.2) is 40.4 Å². The predicted molar refractivity (Wildman–Crippen MR) is 125 cm³/mol. The van der Waals surface area contributed by atoms with Gasteiger partial charge < -0.3 is 24.7 Å². The molecule has 0 radical (unpaired) electrons. The maximum atomic E-state index is 12.5. The Balaban J connectivity index is 0.000000328. The zero-order chi connectivity index (χ0) is 26.3. The van der Waals surface area contributed by atoms with Gasteiger partial charge in [0.25, 0.3) is 10.1 Å². The second-order valence-electron chi connectivity index (χ2n) is 7.38. The van der Waals surface area contributed by atoms with Gasteiger partial charge in [-0.2, -0.15) is 8.42 Å². The molecule has 1 aromatic rings. The number of rotatable bonds is 7. The number of β-lactam (4-membered cyclic amide) rings is 1. The first-order valence-corrected chi connectivity index (χ1v) is 12.9. The number of nitrogens with two attached hydrogens (primary N) is 1. The smallest absolute Gasteiger partial charge is 0.435 e. The van der Waals surface area contributed by atoms with Crippen molar-refractivity contribution in [2.24, 2.45) is 5.73 Å². The van der Waals surface area contributed by atoms with Gasteiger partial charge in [-0.1, -0.05) is 17.7 Å². The van der Waals surface area contributed by atoms with Crippen molar-refractivity contribution < 1.29 is 46.3 Å². The van der Waals surface area contributed by atoms with Crippen molar-refractivity contribution in [3.63, 3.8) is 0 Å². The molecule has 0 bridgehead atoms. The van der Waals surface area contributed by atoms with Crippen LogP contribution in [0.1, 0.15) is 19.4 Å². The van der Waals surface area contributed by atoms with E-state index in [0.717, 1.165) is 5.56 Å². The molecule has 0 aromatic heterocycles. The highest BCUT2D eigenvalue weighted by molar-refractivity contribution is 8.00. The molecule has 35 heavy (non-hydrogen) atoms. The molecule has 2 unspecified atom stereocenters. The minimum atomic E-state index is -4.02. The fraction of sp³-hybridized carbons (Fsp3) is 0.476. The number of carbonyl (C=O) groups is 3. The Labute approximate surface area is 207 Å². The molecule has 194 valence electrons. The summed E-state index contributed by atoms with van der Waals surface area (Å²) in [5, 5.41) is -0.304. The highest BCUT2D eigenvalue weighted by Crippen LogP contribution is 2.39. The summed E-state index contributed by atoms with van der Waals surface area (Å²) in [5.74, 6) is -0.635. The average molecular weight is 533 g/mol. The van der Waals surface area contributed by atoms with Gasteiger partial charge in [-0.25, -0.2) is 9.59 Å². The van der Waals surface area contributed by atoms with Gasteiger partial charge >= 0.3 is 12.1 Å². The van der Waals surface area contributed by atoms with Crippen LogP contribution in [0.4, 0.5) is 4.79 Å². The van der Waals surface area contributed by atoms with Crippen LogP contribution in [0.25, 0.3) is 0 Å². The van der Waals surface area contributed by atoms with Gasteiger partial charge in [0.05, 0.1) is 18.1 Å². The maximum absolute atomic E-state index is 12.5. The van der Waals surface area contributed by atoms with E-state index >= 15 is 0 Å². The lowest BCUT2D eigenvalue weighted by atomic mass is 10.0.